The Hall–Kier alpha value is -0.570. The summed E-state index contributed by atoms with van der Waals surface area (Å²) in [4.78, 5) is 10.5. The van der Waals surface area contributed by atoms with Gasteiger partial charge in [-0.05, 0) is 50.4 Å². The van der Waals surface area contributed by atoms with Gasteiger partial charge in [0.15, 0.2) is 0 Å². The molecule has 0 aromatic heterocycles. The van der Waals surface area contributed by atoms with Gasteiger partial charge in [-0.25, -0.2) is 0 Å². The molecule has 3 heteroatoms. The third-order valence-corrected chi connectivity index (χ3v) is 5.95. The molecule has 4 atom stereocenters. The van der Waals surface area contributed by atoms with Crippen LogP contribution < -0.4 is 0 Å². The lowest BCUT2D eigenvalue weighted by Gasteiger charge is -2.23. The van der Waals surface area contributed by atoms with Crippen LogP contribution in [-0.4, -0.2) is 22.3 Å². The number of rotatable bonds is 14. The van der Waals surface area contributed by atoms with Gasteiger partial charge in [0.25, 0.3) is 0 Å². The molecule has 0 aromatic carbocycles. The van der Waals surface area contributed by atoms with Crippen molar-refractivity contribution in [3.8, 4) is 0 Å². The predicted molar refractivity (Wildman–Crippen MR) is 100 cm³/mol. The molecule has 1 fully saturated rings. The number of unbranched alkanes of at least 4 members (excludes halogenated alkanes) is 6. The molecule has 3 nitrogen and oxygen atoms in total. The van der Waals surface area contributed by atoms with Crippen LogP contribution in [-0.2, 0) is 4.79 Å². The van der Waals surface area contributed by atoms with Gasteiger partial charge in [-0.15, -0.1) is 0 Å². The monoisotopic (exact) mass is 340 g/mol. The second-order valence-electron chi connectivity index (χ2n) is 8.17. The van der Waals surface area contributed by atoms with Crippen LogP contribution in [0.3, 0.4) is 0 Å². The molecule has 142 valence electrons. The second-order valence-corrected chi connectivity index (χ2v) is 8.17. The highest BCUT2D eigenvalue weighted by molar-refractivity contribution is 5.66. The molecule has 0 bridgehead atoms. The molecule has 2 unspecified atom stereocenters. The Kier molecular flexibility index (Phi) is 11.4. The summed E-state index contributed by atoms with van der Waals surface area (Å²) in [6.45, 7) is 4.31. The van der Waals surface area contributed by atoms with Gasteiger partial charge in [-0.1, -0.05) is 64.7 Å². The molecule has 0 spiro atoms. The molecule has 0 aromatic rings. The van der Waals surface area contributed by atoms with E-state index in [2.05, 4.69) is 6.92 Å². The first-order valence-corrected chi connectivity index (χ1v) is 10.4. The third-order valence-electron chi connectivity index (χ3n) is 5.95. The van der Waals surface area contributed by atoms with Crippen molar-refractivity contribution < 1.29 is 15.0 Å². The van der Waals surface area contributed by atoms with Gasteiger partial charge in [-0.3, -0.25) is 4.79 Å². The minimum absolute atomic E-state index is 0.138. The summed E-state index contributed by atoms with van der Waals surface area (Å²) >= 11 is 0. The number of aliphatic hydroxyl groups is 1. The molecule has 0 radical (unpaired) electrons. The SMILES string of the molecule is CC(O)CCCCCC[C@H]1CCC(C)[C@@H]1CCCCCCC(=O)O. The van der Waals surface area contributed by atoms with Crippen LogP contribution in [0, 0.1) is 17.8 Å². The molecule has 0 heterocycles. The Bertz CT molecular complexity index is 327. The molecule has 1 saturated carbocycles. The molecule has 24 heavy (non-hydrogen) atoms. The molecular weight excluding hydrogens is 300 g/mol. The van der Waals surface area contributed by atoms with Crippen LogP contribution in [0.4, 0.5) is 0 Å². The van der Waals surface area contributed by atoms with Crippen molar-refractivity contribution in [2.75, 3.05) is 0 Å². The minimum Gasteiger partial charge on any atom is -0.481 e. The summed E-state index contributed by atoms with van der Waals surface area (Å²) in [7, 11) is 0. The van der Waals surface area contributed by atoms with Crippen molar-refractivity contribution in [3.05, 3.63) is 0 Å². The maximum absolute atomic E-state index is 10.5. The van der Waals surface area contributed by atoms with Crippen LogP contribution in [0.1, 0.15) is 104 Å². The van der Waals surface area contributed by atoms with Crippen molar-refractivity contribution in [1.82, 2.24) is 0 Å². The van der Waals surface area contributed by atoms with E-state index in [0.29, 0.717) is 6.42 Å². The first kappa shape index (κ1) is 21.5. The highest BCUT2D eigenvalue weighted by atomic mass is 16.4. The van der Waals surface area contributed by atoms with E-state index in [-0.39, 0.29) is 6.10 Å². The number of carbonyl (C=O) groups is 1. The lowest BCUT2D eigenvalue weighted by molar-refractivity contribution is -0.137. The van der Waals surface area contributed by atoms with Crippen LogP contribution in [0.2, 0.25) is 0 Å². The predicted octanol–water partition coefficient (Wildman–Crippen LogP) is 5.80. The Morgan fingerprint density at radius 3 is 2.25 bits per heavy atom. The van der Waals surface area contributed by atoms with E-state index < -0.39 is 5.97 Å². The minimum atomic E-state index is -0.659. The summed E-state index contributed by atoms with van der Waals surface area (Å²) < 4.78 is 0. The zero-order valence-electron chi connectivity index (χ0n) is 16.0. The van der Waals surface area contributed by atoms with Crippen LogP contribution in [0.15, 0.2) is 0 Å². The number of hydrogen-bond donors (Lipinski definition) is 2. The largest absolute Gasteiger partial charge is 0.481 e. The van der Waals surface area contributed by atoms with E-state index in [0.717, 1.165) is 37.0 Å². The lowest BCUT2D eigenvalue weighted by Crippen LogP contribution is -2.13. The van der Waals surface area contributed by atoms with E-state index in [1.165, 1.54) is 64.2 Å². The number of aliphatic carboxylic acids is 1. The van der Waals surface area contributed by atoms with Gasteiger partial charge in [0.1, 0.15) is 0 Å². The van der Waals surface area contributed by atoms with Gasteiger partial charge in [-0.2, -0.15) is 0 Å². The first-order valence-electron chi connectivity index (χ1n) is 10.4. The average molecular weight is 341 g/mol. The Morgan fingerprint density at radius 1 is 0.958 bits per heavy atom. The normalized spacial score (nSPS) is 25.0. The quantitative estimate of drug-likeness (QED) is 0.393. The Balaban J connectivity index is 2.09. The molecule has 0 aliphatic heterocycles. The number of aliphatic hydroxyl groups excluding tert-OH is 1. The van der Waals surface area contributed by atoms with E-state index >= 15 is 0 Å². The number of carboxylic acids is 1. The van der Waals surface area contributed by atoms with Gasteiger partial charge in [0.05, 0.1) is 6.10 Å². The van der Waals surface area contributed by atoms with Gasteiger partial charge in [0.2, 0.25) is 0 Å². The number of carboxylic acid groups (broad SMARTS) is 1. The maximum Gasteiger partial charge on any atom is 0.303 e. The first-order chi connectivity index (χ1) is 11.5. The van der Waals surface area contributed by atoms with Crippen molar-refractivity contribution in [2.45, 2.75) is 110 Å². The molecule has 1 rings (SSSR count). The summed E-state index contributed by atoms with van der Waals surface area (Å²) in [5.41, 5.74) is 0. The van der Waals surface area contributed by atoms with Crippen molar-refractivity contribution >= 4 is 5.97 Å². The highest BCUT2D eigenvalue weighted by Gasteiger charge is 2.31. The van der Waals surface area contributed by atoms with Gasteiger partial charge >= 0.3 is 5.97 Å². The van der Waals surface area contributed by atoms with Crippen LogP contribution in [0.25, 0.3) is 0 Å². The zero-order valence-corrected chi connectivity index (χ0v) is 16.0. The fourth-order valence-corrected chi connectivity index (χ4v) is 4.46. The van der Waals surface area contributed by atoms with Crippen molar-refractivity contribution in [1.29, 1.82) is 0 Å². The maximum atomic E-state index is 10.5. The second kappa shape index (κ2) is 12.7. The molecule has 1 aliphatic rings. The summed E-state index contributed by atoms with van der Waals surface area (Å²) in [6, 6.07) is 0. The van der Waals surface area contributed by atoms with Crippen molar-refractivity contribution in [2.24, 2.45) is 17.8 Å². The molecule has 0 saturated heterocycles. The molecule has 2 N–H and O–H groups in total. The highest BCUT2D eigenvalue weighted by Crippen LogP contribution is 2.42. The van der Waals surface area contributed by atoms with Gasteiger partial charge in [0, 0.05) is 6.42 Å². The average Bonchev–Trinajstić information content (AvgIpc) is 2.86. The van der Waals surface area contributed by atoms with Gasteiger partial charge < -0.3 is 10.2 Å². The summed E-state index contributed by atoms with van der Waals surface area (Å²) in [6.07, 6.45) is 16.2. The van der Waals surface area contributed by atoms with E-state index in [1.54, 1.807) is 0 Å². The topological polar surface area (TPSA) is 57.5 Å². The number of hydrogen-bond acceptors (Lipinski definition) is 2. The standard InChI is InChI=1S/C21H40O3/c1-17-15-16-19(12-8-4-3-7-11-18(2)22)20(17)13-9-5-6-10-14-21(23)24/h17-20,22H,3-16H2,1-2H3,(H,23,24)/t17?,18?,19-,20-/m0/s1. The molecular formula is C21H40O3. The molecule has 1 aliphatic carbocycles. The fraction of sp³-hybridized carbons (Fsp3) is 0.952. The van der Waals surface area contributed by atoms with Crippen molar-refractivity contribution in [3.63, 3.8) is 0 Å². The summed E-state index contributed by atoms with van der Waals surface area (Å²) in [5, 5.41) is 17.9. The van der Waals surface area contributed by atoms with Crippen LogP contribution in [0.5, 0.6) is 0 Å². The summed E-state index contributed by atoms with van der Waals surface area (Å²) in [5.74, 6) is 2.05. The third kappa shape index (κ3) is 9.66. The Morgan fingerprint density at radius 2 is 1.58 bits per heavy atom. The van der Waals surface area contributed by atoms with E-state index in [1.807, 2.05) is 6.92 Å². The molecule has 0 amide bonds. The van der Waals surface area contributed by atoms with E-state index in [4.69, 9.17) is 5.11 Å². The van der Waals surface area contributed by atoms with Crippen LogP contribution >= 0.6 is 0 Å². The zero-order chi connectivity index (χ0) is 17.8. The lowest BCUT2D eigenvalue weighted by atomic mass is 9.83. The smallest absolute Gasteiger partial charge is 0.303 e. The van der Waals surface area contributed by atoms with E-state index in [9.17, 15) is 9.90 Å². The Labute approximate surface area is 149 Å². The fourth-order valence-electron chi connectivity index (χ4n) is 4.46.